The fraction of sp³-hybridized carbons (Fsp3) is 0.667. The molecule has 2 fully saturated rings. The van der Waals surface area contributed by atoms with Gasteiger partial charge in [0.05, 0.1) is 26.4 Å². The number of nitrogens with zero attached hydrogens (tertiary/aromatic N) is 2. The number of carbonyl (C=O) groups excluding carboxylic acids is 1. The van der Waals surface area contributed by atoms with Crippen LogP contribution in [0.15, 0.2) is 24.3 Å². The van der Waals surface area contributed by atoms with Gasteiger partial charge in [0.1, 0.15) is 5.75 Å². The van der Waals surface area contributed by atoms with Gasteiger partial charge in [-0.2, -0.15) is 0 Å². The van der Waals surface area contributed by atoms with Crippen LogP contribution in [-0.2, 0) is 16.0 Å². The first-order chi connectivity index (χ1) is 12.7. The monoisotopic (exact) mass is 360 g/mol. The summed E-state index contributed by atoms with van der Waals surface area (Å²) in [6, 6.07) is 8.40. The van der Waals surface area contributed by atoms with Gasteiger partial charge < -0.3 is 14.4 Å². The molecule has 1 unspecified atom stereocenters. The van der Waals surface area contributed by atoms with Crippen molar-refractivity contribution in [3.05, 3.63) is 29.8 Å². The van der Waals surface area contributed by atoms with Gasteiger partial charge in [-0.3, -0.25) is 9.69 Å². The first-order valence-electron chi connectivity index (χ1n) is 9.92. The molecule has 2 aliphatic heterocycles. The second-order valence-electron chi connectivity index (χ2n) is 7.51. The largest absolute Gasteiger partial charge is 0.497 e. The van der Waals surface area contributed by atoms with Crippen LogP contribution in [0.2, 0.25) is 0 Å². The zero-order valence-electron chi connectivity index (χ0n) is 16.2. The van der Waals surface area contributed by atoms with E-state index in [1.165, 1.54) is 18.4 Å². The summed E-state index contributed by atoms with van der Waals surface area (Å²) < 4.78 is 10.9. The molecule has 26 heavy (non-hydrogen) atoms. The molecular formula is C21H32N2O3. The third kappa shape index (κ3) is 5.21. The van der Waals surface area contributed by atoms with Crippen molar-refractivity contribution in [3.8, 4) is 5.75 Å². The lowest BCUT2D eigenvalue weighted by Gasteiger charge is -2.36. The Kier molecular flexibility index (Phi) is 6.92. The van der Waals surface area contributed by atoms with Crippen LogP contribution in [0.1, 0.15) is 31.7 Å². The van der Waals surface area contributed by atoms with Crippen molar-refractivity contribution in [1.82, 2.24) is 9.80 Å². The molecule has 2 saturated heterocycles. The number of benzene rings is 1. The van der Waals surface area contributed by atoms with Gasteiger partial charge in [-0.25, -0.2) is 0 Å². The summed E-state index contributed by atoms with van der Waals surface area (Å²) >= 11 is 0. The molecular weight excluding hydrogens is 328 g/mol. The molecule has 3 rings (SSSR count). The number of ether oxygens (including phenoxy) is 2. The van der Waals surface area contributed by atoms with Crippen LogP contribution in [0.5, 0.6) is 5.75 Å². The van der Waals surface area contributed by atoms with Crippen molar-refractivity contribution >= 4 is 5.91 Å². The van der Waals surface area contributed by atoms with Gasteiger partial charge in [0.25, 0.3) is 0 Å². The Hall–Kier alpha value is -1.59. The van der Waals surface area contributed by atoms with E-state index in [9.17, 15) is 4.79 Å². The van der Waals surface area contributed by atoms with Gasteiger partial charge in [0.15, 0.2) is 0 Å². The minimum atomic E-state index is 0.211. The maximum absolute atomic E-state index is 12.6. The van der Waals surface area contributed by atoms with E-state index in [0.717, 1.165) is 44.8 Å². The van der Waals surface area contributed by atoms with Crippen molar-refractivity contribution < 1.29 is 14.3 Å². The maximum atomic E-state index is 12.6. The lowest BCUT2D eigenvalue weighted by atomic mass is 9.90. The average Bonchev–Trinajstić information content (AvgIpc) is 2.70. The summed E-state index contributed by atoms with van der Waals surface area (Å²) in [5, 5.41) is 0. The standard InChI is InChI=1S/C21H32N2O3/c1-3-19-15-23(12-13-26-19)21(24)16-22-10-8-18(9-11-22)14-17-4-6-20(25-2)7-5-17/h4-7,18-19H,3,8-16H2,1-2H3. The molecule has 2 heterocycles. The second kappa shape index (κ2) is 9.38. The zero-order chi connectivity index (χ0) is 18.4. The Balaban J connectivity index is 1.41. The van der Waals surface area contributed by atoms with Crippen molar-refractivity contribution in [3.63, 3.8) is 0 Å². The molecule has 0 saturated carbocycles. The van der Waals surface area contributed by atoms with E-state index in [1.807, 2.05) is 17.0 Å². The zero-order valence-corrected chi connectivity index (χ0v) is 16.2. The van der Waals surface area contributed by atoms with Crippen LogP contribution >= 0.6 is 0 Å². The van der Waals surface area contributed by atoms with Crippen molar-refractivity contribution in [2.45, 2.75) is 38.7 Å². The summed E-state index contributed by atoms with van der Waals surface area (Å²) in [6.45, 7) is 6.89. The fourth-order valence-corrected chi connectivity index (χ4v) is 3.93. The van der Waals surface area contributed by atoms with Gasteiger partial charge in [-0.15, -0.1) is 0 Å². The second-order valence-corrected chi connectivity index (χ2v) is 7.51. The van der Waals surface area contributed by atoms with Crippen LogP contribution < -0.4 is 4.74 Å². The van der Waals surface area contributed by atoms with E-state index in [4.69, 9.17) is 9.47 Å². The molecule has 1 amide bonds. The summed E-state index contributed by atoms with van der Waals surface area (Å²) in [5.41, 5.74) is 1.37. The molecule has 0 aliphatic carbocycles. The Morgan fingerprint density at radius 3 is 2.58 bits per heavy atom. The molecule has 5 heteroatoms. The van der Waals surface area contributed by atoms with Gasteiger partial charge in [-0.05, 0) is 62.4 Å². The highest BCUT2D eigenvalue weighted by atomic mass is 16.5. The molecule has 0 spiro atoms. The number of piperidine rings is 1. The SMILES string of the molecule is CCC1CN(C(=O)CN2CCC(Cc3ccc(OC)cc3)CC2)CCO1. The number of morpholine rings is 1. The number of hydrogen-bond donors (Lipinski definition) is 0. The highest BCUT2D eigenvalue weighted by Gasteiger charge is 2.26. The number of amides is 1. The van der Waals surface area contributed by atoms with Crippen molar-refractivity contribution in [2.75, 3.05) is 46.4 Å². The van der Waals surface area contributed by atoms with Gasteiger partial charge in [0, 0.05) is 13.1 Å². The third-order valence-electron chi connectivity index (χ3n) is 5.70. The maximum Gasteiger partial charge on any atom is 0.236 e. The quantitative estimate of drug-likeness (QED) is 0.782. The smallest absolute Gasteiger partial charge is 0.236 e. The lowest BCUT2D eigenvalue weighted by molar-refractivity contribution is -0.140. The molecule has 0 aromatic heterocycles. The highest BCUT2D eigenvalue weighted by molar-refractivity contribution is 5.78. The van der Waals surface area contributed by atoms with Crippen LogP contribution in [0.3, 0.4) is 0 Å². The number of hydrogen-bond acceptors (Lipinski definition) is 4. The molecule has 1 aromatic carbocycles. The Labute approximate surface area is 157 Å². The first kappa shape index (κ1) is 19.2. The molecule has 1 atom stereocenters. The minimum Gasteiger partial charge on any atom is -0.497 e. The van der Waals surface area contributed by atoms with Crippen LogP contribution in [0.25, 0.3) is 0 Å². The highest BCUT2D eigenvalue weighted by Crippen LogP contribution is 2.23. The van der Waals surface area contributed by atoms with E-state index in [2.05, 4.69) is 24.0 Å². The number of likely N-dealkylation sites (tertiary alicyclic amines) is 1. The summed E-state index contributed by atoms with van der Waals surface area (Å²) in [6.07, 6.45) is 4.64. The van der Waals surface area contributed by atoms with E-state index < -0.39 is 0 Å². The molecule has 0 bridgehead atoms. The van der Waals surface area contributed by atoms with Gasteiger partial charge >= 0.3 is 0 Å². The Bertz CT molecular complexity index is 567. The fourth-order valence-electron chi connectivity index (χ4n) is 3.93. The van der Waals surface area contributed by atoms with Crippen molar-refractivity contribution in [2.24, 2.45) is 5.92 Å². The van der Waals surface area contributed by atoms with Gasteiger partial charge in [0.2, 0.25) is 5.91 Å². The van der Waals surface area contributed by atoms with Crippen LogP contribution in [-0.4, -0.2) is 68.3 Å². The number of rotatable bonds is 6. The van der Waals surface area contributed by atoms with E-state index >= 15 is 0 Å². The molecule has 144 valence electrons. The minimum absolute atomic E-state index is 0.211. The number of methoxy groups -OCH3 is 1. The van der Waals surface area contributed by atoms with E-state index in [0.29, 0.717) is 19.1 Å². The summed E-state index contributed by atoms with van der Waals surface area (Å²) in [5.74, 6) is 1.89. The molecule has 0 N–H and O–H groups in total. The molecule has 5 nitrogen and oxygen atoms in total. The van der Waals surface area contributed by atoms with Crippen LogP contribution in [0.4, 0.5) is 0 Å². The summed E-state index contributed by atoms with van der Waals surface area (Å²) in [7, 11) is 1.70. The topological polar surface area (TPSA) is 42.0 Å². The lowest BCUT2D eigenvalue weighted by Crippen LogP contribution is -2.49. The molecule has 1 aromatic rings. The molecule has 2 aliphatic rings. The number of carbonyl (C=O) groups is 1. The normalized spacial score (nSPS) is 22.4. The summed E-state index contributed by atoms with van der Waals surface area (Å²) in [4.78, 5) is 16.9. The Morgan fingerprint density at radius 1 is 1.19 bits per heavy atom. The average molecular weight is 360 g/mol. The third-order valence-corrected chi connectivity index (χ3v) is 5.70. The first-order valence-corrected chi connectivity index (χ1v) is 9.92. The molecule has 0 radical (unpaired) electrons. The Morgan fingerprint density at radius 2 is 1.92 bits per heavy atom. The van der Waals surface area contributed by atoms with Crippen LogP contribution in [0, 0.1) is 5.92 Å². The van der Waals surface area contributed by atoms with E-state index in [-0.39, 0.29) is 12.0 Å². The predicted molar refractivity (Wildman–Crippen MR) is 102 cm³/mol. The predicted octanol–water partition coefficient (Wildman–Crippen LogP) is 2.59. The van der Waals surface area contributed by atoms with Gasteiger partial charge in [-0.1, -0.05) is 19.1 Å². The van der Waals surface area contributed by atoms with Crippen molar-refractivity contribution in [1.29, 1.82) is 0 Å². The van der Waals surface area contributed by atoms with E-state index in [1.54, 1.807) is 7.11 Å².